The normalized spacial score (nSPS) is 18.4. The molecule has 0 amide bonds. The van der Waals surface area contributed by atoms with E-state index in [0.29, 0.717) is 12.2 Å². The minimum atomic E-state index is -3.48. The Labute approximate surface area is 121 Å². The molecule has 0 heterocycles. The molecule has 3 N–H and O–H groups in total. The number of benzene rings is 1. The third-order valence-electron chi connectivity index (χ3n) is 4.49. The molecule has 5 heteroatoms. The third-order valence-corrected chi connectivity index (χ3v) is 5.87. The number of nitrogen functional groups attached to an aromatic ring is 1. The van der Waals surface area contributed by atoms with Crippen LogP contribution >= 0.6 is 0 Å². The number of hydrogen-bond donors (Lipinski definition) is 2. The van der Waals surface area contributed by atoms with Gasteiger partial charge in [-0.1, -0.05) is 19.8 Å². The van der Waals surface area contributed by atoms with Gasteiger partial charge in [0.15, 0.2) is 0 Å². The zero-order valence-electron chi connectivity index (χ0n) is 12.5. The summed E-state index contributed by atoms with van der Waals surface area (Å²) in [6, 6.07) is 3.23. The number of nitrogens with one attached hydrogen (secondary N) is 1. The summed E-state index contributed by atoms with van der Waals surface area (Å²) < 4.78 is 27.5. The van der Waals surface area contributed by atoms with Crippen molar-refractivity contribution in [1.82, 2.24) is 4.72 Å². The molecule has 2 rings (SSSR count). The maximum Gasteiger partial charge on any atom is 0.240 e. The van der Waals surface area contributed by atoms with Crippen molar-refractivity contribution in [3.05, 3.63) is 23.3 Å². The number of hydrogen-bond acceptors (Lipinski definition) is 3. The van der Waals surface area contributed by atoms with Crippen LogP contribution in [0.1, 0.15) is 43.7 Å². The number of sulfonamides is 1. The van der Waals surface area contributed by atoms with Crippen molar-refractivity contribution in [2.45, 2.75) is 51.3 Å². The number of nitrogens with two attached hydrogens (primary N) is 1. The molecule has 0 saturated heterocycles. The van der Waals surface area contributed by atoms with Gasteiger partial charge in [0.25, 0.3) is 0 Å². The second-order valence-electron chi connectivity index (χ2n) is 6.30. The van der Waals surface area contributed by atoms with Gasteiger partial charge in [0.1, 0.15) is 0 Å². The van der Waals surface area contributed by atoms with Crippen molar-refractivity contribution in [3.8, 4) is 0 Å². The van der Waals surface area contributed by atoms with Gasteiger partial charge in [-0.25, -0.2) is 13.1 Å². The van der Waals surface area contributed by atoms with E-state index in [1.807, 2.05) is 13.8 Å². The predicted octanol–water partition coefficient (Wildman–Crippen LogP) is 2.74. The van der Waals surface area contributed by atoms with Crippen LogP contribution in [0, 0.1) is 19.3 Å². The Kier molecular flexibility index (Phi) is 4.12. The molecule has 4 nitrogen and oxygen atoms in total. The zero-order valence-corrected chi connectivity index (χ0v) is 13.3. The Balaban J connectivity index is 2.18. The zero-order chi connectivity index (χ0) is 15.0. The molecular formula is C15H24N2O2S. The van der Waals surface area contributed by atoms with Crippen molar-refractivity contribution in [2.75, 3.05) is 12.3 Å². The highest BCUT2D eigenvalue weighted by atomic mass is 32.2. The van der Waals surface area contributed by atoms with Crippen LogP contribution in [0.15, 0.2) is 17.0 Å². The first kappa shape index (κ1) is 15.3. The summed E-state index contributed by atoms with van der Waals surface area (Å²) in [7, 11) is -3.48. The Bertz CT molecular complexity index is 579. The van der Waals surface area contributed by atoms with Crippen molar-refractivity contribution in [1.29, 1.82) is 0 Å². The minimum absolute atomic E-state index is 0.0956. The topological polar surface area (TPSA) is 72.2 Å². The molecule has 20 heavy (non-hydrogen) atoms. The summed E-state index contributed by atoms with van der Waals surface area (Å²) in [4.78, 5) is 0.264. The highest BCUT2D eigenvalue weighted by Gasteiger charge is 2.30. The second kappa shape index (κ2) is 5.37. The molecule has 0 atom stereocenters. The molecule has 0 aliphatic heterocycles. The molecule has 1 aromatic rings. The minimum Gasteiger partial charge on any atom is -0.398 e. The molecule has 1 fully saturated rings. The monoisotopic (exact) mass is 296 g/mol. The van der Waals surface area contributed by atoms with E-state index < -0.39 is 10.0 Å². The summed E-state index contributed by atoms with van der Waals surface area (Å²) in [5, 5.41) is 0. The summed E-state index contributed by atoms with van der Waals surface area (Å²) >= 11 is 0. The molecule has 0 bridgehead atoms. The van der Waals surface area contributed by atoms with Gasteiger partial charge >= 0.3 is 0 Å². The van der Waals surface area contributed by atoms with Gasteiger partial charge in [0.05, 0.1) is 4.90 Å². The molecule has 0 spiro atoms. The van der Waals surface area contributed by atoms with E-state index in [-0.39, 0.29) is 10.3 Å². The summed E-state index contributed by atoms with van der Waals surface area (Å²) in [5.41, 5.74) is 8.33. The Morgan fingerprint density at radius 3 is 2.40 bits per heavy atom. The average Bonchev–Trinajstić information content (AvgIpc) is 2.81. The van der Waals surface area contributed by atoms with Crippen molar-refractivity contribution in [3.63, 3.8) is 0 Å². The van der Waals surface area contributed by atoms with Crippen LogP contribution < -0.4 is 10.5 Å². The van der Waals surface area contributed by atoms with Crippen molar-refractivity contribution < 1.29 is 8.42 Å². The fourth-order valence-electron chi connectivity index (χ4n) is 2.77. The first-order chi connectivity index (χ1) is 9.23. The van der Waals surface area contributed by atoms with Crippen LogP contribution in [-0.2, 0) is 10.0 Å². The molecule has 1 aromatic carbocycles. The lowest BCUT2D eigenvalue weighted by molar-refractivity contribution is 0.336. The number of rotatable bonds is 4. The Morgan fingerprint density at radius 1 is 1.25 bits per heavy atom. The van der Waals surface area contributed by atoms with Crippen LogP contribution in [0.25, 0.3) is 0 Å². The standard InChI is InChI=1S/C15H24N2O2S/c1-11-8-13(9-14(16)12(11)2)20(18,19)17-10-15(3)6-4-5-7-15/h8-9,17H,4-7,10,16H2,1-3H3. The molecule has 1 aliphatic rings. The maximum absolute atomic E-state index is 12.4. The molecule has 1 aliphatic carbocycles. The predicted molar refractivity (Wildman–Crippen MR) is 82.1 cm³/mol. The quantitative estimate of drug-likeness (QED) is 0.839. The Hall–Kier alpha value is -1.07. The lowest BCUT2D eigenvalue weighted by Gasteiger charge is -2.23. The summed E-state index contributed by atoms with van der Waals surface area (Å²) in [5.74, 6) is 0. The van der Waals surface area contributed by atoms with Crippen LogP contribution in [0.3, 0.4) is 0 Å². The van der Waals surface area contributed by atoms with E-state index in [0.717, 1.165) is 24.0 Å². The Morgan fingerprint density at radius 2 is 1.85 bits per heavy atom. The van der Waals surface area contributed by atoms with Gasteiger partial charge in [-0.2, -0.15) is 0 Å². The first-order valence-corrected chi connectivity index (χ1v) is 8.58. The smallest absolute Gasteiger partial charge is 0.240 e. The maximum atomic E-state index is 12.4. The molecule has 1 saturated carbocycles. The molecule has 0 unspecified atom stereocenters. The molecular weight excluding hydrogens is 272 g/mol. The van der Waals surface area contributed by atoms with Gasteiger partial charge in [-0.15, -0.1) is 0 Å². The van der Waals surface area contributed by atoms with Crippen molar-refractivity contribution >= 4 is 15.7 Å². The van der Waals surface area contributed by atoms with Crippen LogP contribution in [-0.4, -0.2) is 15.0 Å². The lowest BCUT2D eigenvalue weighted by Crippen LogP contribution is -2.34. The first-order valence-electron chi connectivity index (χ1n) is 7.10. The number of aryl methyl sites for hydroxylation is 1. The van der Waals surface area contributed by atoms with E-state index in [2.05, 4.69) is 11.6 Å². The fraction of sp³-hybridized carbons (Fsp3) is 0.600. The molecule has 0 aromatic heterocycles. The van der Waals surface area contributed by atoms with Crippen LogP contribution in [0.4, 0.5) is 5.69 Å². The molecule has 0 radical (unpaired) electrons. The van der Waals surface area contributed by atoms with Crippen LogP contribution in [0.2, 0.25) is 0 Å². The van der Waals surface area contributed by atoms with Gasteiger partial charge in [-0.3, -0.25) is 0 Å². The van der Waals surface area contributed by atoms with Gasteiger partial charge in [-0.05, 0) is 55.4 Å². The van der Waals surface area contributed by atoms with E-state index in [1.54, 1.807) is 12.1 Å². The van der Waals surface area contributed by atoms with Gasteiger partial charge < -0.3 is 5.73 Å². The fourth-order valence-corrected chi connectivity index (χ4v) is 4.08. The third kappa shape index (κ3) is 3.15. The van der Waals surface area contributed by atoms with E-state index in [1.165, 1.54) is 12.8 Å². The van der Waals surface area contributed by atoms with E-state index in [9.17, 15) is 8.42 Å². The van der Waals surface area contributed by atoms with Crippen LogP contribution in [0.5, 0.6) is 0 Å². The second-order valence-corrected chi connectivity index (χ2v) is 8.06. The van der Waals surface area contributed by atoms with E-state index in [4.69, 9.17) is 5.73 Å². The number of anilines is 1. The highest BCUT2D eigenvalue weighted by molar-refractivity contribution is 7.89. The summed E-state index contributed by atoms with van der Waals surface area (Å²) in [6.45, 7) is 6.43. The van der Waals surface area contributed by atoms with Crippen molar-refractivity contribution in [2.24, 2.45) is 5.41 Å². The SMILES string of the molecule is Cc1cc(S(=O)(=O)NCC2(C)CCCC2)cc(N)c1C. The van der Waals surface area contributed by atoms with Gasteiger partial charge in [0.2, 0.25) is 10.0 Å². The summed E-state index contributed by atoms with van der Waals surface area (Å²) in [6.07, 6.45) is 4.55. The van der Waals surface area contributed by atoms with E-state index >= 15 is 0 Å². The van der Waals surface area contributed by atoms with Gasteiger partial charge in [0, 0.05) is 12.2 Å². The largest absolute Gasteiger partial charge is 0.398 e. The lowest BCUT2D eigenvalue weighted by atomic mass is 9.89. The highest BCUT2D eigenvalue weighted by Crippen LogP contribution is 2.37. The average molecular weight is 296 g/mol. The molecule has 112 valence electrons.